The Morgan fingerprint density at radius 2 is 2.08 bits per heavy atom. The largest absolute Gasteiger partial charge is 0.383 e. The van der Waals surface area contributed by atoms with E-state index in [1.165, 1.54) is 16.8 Å². The topological polar surface area (TPSA) is 73.7 Å². The molecule has 1 aromatic carbocycles. The van der Waals surface area contributed by atoms with Crippen molar-refractivity contribution in [2.75, 3.05) is 33.4 Å². The summed E-state index contributed by atoms with van der Waals surface area (Å²) in [4.78, 5) is 26.4. The SMILES string of the molecule is COCCn1nc(C(=O)N2CCOC(c3ccc(Br)cc3)C2)ccc1=O. The first-order valence-corrected chi connectivity index (χ1v) is 9.11. The van der Waals surface area contributed by atoms with E-state index in [-0.39, 0.29) is 23.3 Å². The summed E-state index contributed by atoms with van der Waals surface area (Å²) in [5, 5.41) is 4.18. The maximum atomic E-state index is 12.8. The Kier molecular flexibility index (Phi) is 6.18. The molecule has 138 valence electrons. The van der Waals surface area contributed by atoms with E-state index in [4.69, 9.17) is 9.47 Å². The molecule has 3 rings (SSSR count). The number of carbonyl (C=O) groups is 1. The van der Waals surface area contributed by atoms with Gasteiger partial charge in [-0.1, -0.05) is 28.1 Å². The lowest BCUT2D eigenvalue weighted by Gasteiger charge is -2.33. The lowest BCUT2D eigenvalue weighted by atomic mass is 10.1. The normalized spacial score (nSPS) is 17.3. The smallest absolute Gasteiger partial charge is 0.274 e. The molecule has 1 aliphatic rings. The zero-order chi connectivity index (χ0) is 18.5. The van der Waals surface area contributed by atoms with Crippen molar-refractivity contribution in [3.8, 4) is 0 Å². The van der Waals surface area contributed by atoms with Gasteiger partial charge in [0.25, 0.3) is 11.5 Å². The zero-order valence-electron chi connectivity index (χ0n) is 14.4. The Balaban J connectivity index is 1.74. The van der Waals surface area contributed by atoms with Crippen molar-refractivity contribution in [1.82, 2.24) is 14.7 Å². The monoisotopic (exact) mass is 421 g/mol. The second-order valence-electron chi connectivity index (χ2n) is 5.93. The number of halogens is 1. The molecule has 2 heterocycles. The minimum atomic E-state index is -0.256. The van der Waals surface area contributed by atoms with E-state index >= 15 is 0 Å². The third kappa shape index (κ3) is 4.38. The molecule has 0 spiro atoms. The zero-order valence-corrected chi connectivity index (χ0v) is 16.0. The Morgan fingerprint density at radius 1 is 1.31 bits per heavy atom. The number of nitrogens with zero attached hydrogens (tertiary/aromatic N) is 3. The van der Waals surface area contributed by atoms with E-state index in [0.717, 1.165) is 10.0 Å². The highest BCUT2D eigenvalue weighted by molar-refractivity contribution is 9.10. The van der Waals surface area contributed by atoms with Crippen LogP contribution in [0, 0.1) is 0 Å². The Bertz CT molecular complexity index is 822. The number of aromatic nitrogens is 2. The first-order chi connectivity index (χ1) is 12.6. The number of hydrogen-bond acceptors (Lipinski definition) is 5. The van der Waals surface area contributed by atoms with Gasteiger partial charge in [0.2, 0.25) is 0 Å². The summed E-state index contributed by atoms with van der Waals surface area (Å²) in [7, 11) is 1.55. The van der Waals surface area contributed by atoms with Crippen molar-refractivity contribution in [2.45, 2.75) is 12.6 Å². The van der Waals surface area contributed by atoms with Crippen LogP contribution in [0.4, 0.5) is 0 Å². The number of methoxy groups -OCH3 is 1. The molecule has 7 nitrogen and oxygen atoms in total. The molecule has 1 aromatic heterocycles. The first-order valence-electron chi connectivity index (χ1n) is 8.32. The van der Waals surface area contributed by atoms with Crippen LogP contribution >= 0.6 is 15.9 Å². The summed E-state index contributed by atoms with van der Waals surface area (Å²) >= 11 is 3.42. The molecule has 0 radical (unpaired) electrons. The van der Waals surface area contributed by atoms with Gasteiger partial charge >= 0.3 is 0 Å². The molecule has 0 aliphatic carbocycles. The average Bonchev–Trinajstić information content (AvgIpc) is 2.67. The van der Waals surface area contributed by atoms with Crippen LogP contribution in [0.2, 0.25) is 0 Å². The highest BCUT2D eigenvalue weighted by Gasteiger charge is 2.27. The summed E-state index contributed by atoms with van der Waals surface area (Å²) in [5.41, 5.74) is 1.01. The first kappa shape index (κ1) is 18.8. The fourth-order valence-corrected chi connectivity index (χ4v) is 3.04. The molecule has 1 unspecified atom stereocenters. The summed E-state index contributed by atoms with van der Waals surface area (Å²) in [5.74, 6) is -0.207. The molecule has 1 amide bonds. The number of amides is 1. The Labute approximate surface area is 159 Å². The van der Waals surface area contributed by atoms with Crippen molar-refractivity contribution >= 4 is 21.8 Å². The van der Waals surface area contributed by atoms with E-state index in [0.29, 0.717) is 32.8 Å². The van der Waals surface area contributed by atoms with E-state index < -0.39 is 0 Å². The fourth-order valence-electron chi connectivity index (χ4n) is 2.78. The molecule has 0 N–H and O–H groups in total. The molecule has 0 bridgehead atoms. The van der Waals surface area contributed by atoms with E-state index in [1.54, 1.807) is 12.0 Å². The number of benzene rings is 1. The van der Waals surface area contributed by atoms with Crippen LogP contribution in [0.25, 0.3) is 0 Å². The predicted molar refractivity (Wildman–Crippen MR) is 99.1 cm³/mol. The minimum absolute atomic E-state index is 0.180. The quantitative estimate of drug-likeness (QED) is 0.736. The van der Waals surface area contributed by atoms with Crippen LogP contribution in [0.3, 0.4) is 0 Å². The van der Waals surface area contributed by atoms with Gasteiger partial charge in [-0.05, 0) is 23.8 Å². The van der Waals surface area contributed by atoms with Crippen LogP contribution < -0.4 is 5.56 Å². The number of morpholine rings is 1. The third-order valence-electron chi connectivity index (χ3n) is 4.19. The lowest BCUT2D eigenvalue weighted by molar-refractivity contribution is -0.0231. The summed E-state index contributed by atoms with van der Waals surface area (Å²) in [6, 6.07) is 10.7. The van der Waals surface area contributed by atoms with Gasteiger partial charge < -0.3 is 14.4 Å². The maximum Gasteiger partial charge on any atom is 0.274 e. The van der Waals surface area contributed by atoms with Crippen molar-refractivity contribution in [1.29, 1.82) is 0 Å². The Hall–Kier alpha value is -2.03. The molecule has 0 saturated carbocycles. The maximum absolute atomic E-state index is 12.8. The highest BCUT2D eigenvalue weighted by Crippen LogP contribution is 2.24. The van der Waals surface area contributed by atoms with Crippen molar-refractivity contribution in [3.05, 3.63) is 62.5 Å². The van der Waals surface area contributed by atoms with Gasteiger partial charge in [-0.15, -0.1) is 0 Å². The van der Waals surface area contributed by atoms with E-state index in [1.807, 2.05) is 24.3 Å². The molecular weight excluding hydrogens is 402 g/mol. The molecule has 1 saturated heterocycles. The second kappa shape index (κ2) is 8.57. The van der Waals surface area contributed by atoms with Crippen LogP contribution in [0.15, 0.2) is 45.7 Å². The predicted octanol–water partition coefficient (Wildman–Crippen LogP) is 1.87. The summed E-state index contributed by atoms with van der Waals surface area (Å²) < 4.78 is 13.0. The molecule has 8 heteroatoms. The fraction of sp³-hybridized carbons (Fsp3) is 0.389. The van der Waals surface area contributed by atoms with Crippen molar-refractivity contribution in [3.63, 3.8) is 0 Å². The van der Waals surface area contributed by atoms with Crippen LogP contribution in [-0.2, 0) is 16.0 Å². The standard InChI is InChI=1S/C18H20BrN3O4/c1-25-10-9-22-17(23)7-6-15(20-22)18(24)21-8-11-26-16(12-21)13-2-4-14(19)5-3-13/h2-7,16H,8-12H2,1H3. The molecule has 26 heavy (non-hydrogen) atoms. The van der Waals surface area contributed by atoms with Gasteiger partial charge in [-0.25, -0.2) is 4.68 Å². The van der Waals surface area contributed by atoms with Gasteiger partial charge in [-0.2, -0.15) is 5.10 Å². The lowest BCUT2D eigenvalue weighted by Crippen LogP contribution is -2.43. The molecule has 1 atom stereocenters. The second-order valence-corrected chi connectivity index (χ2v) is 6.85. The summed E-state index contributed by atoms with van der Waals surface area (Å²) in [6.07, 6.45) is -0.180. The van der Waals surface area contributed by atoms with Crippen molar-refractivity contribution in [2.24, 2.45) is 0 Å². The van der Waals surface area contributed by atoms with Gasteiger partial charge in [0, 0.05) is 24.2 Å². The van der Waals surface area contributed by atoms with Gasteiger partial charge in [-0.3, -0.25) is 9.59 Å². The molecule has 1 aliphatic heterocycles. The minimum Gasteiger partial charge on any atom is -0.383 e. The van der Waals surface area contributed by atoms with E-state index in [9.17, 15) is 9.59 Å². The van der Waals surface area contributed by atoms with Crippen LogP contribution in [-0.4, -0.2) is 54.0 Å². The number of rotatable bonds is 5. The van der Waals surface area contributed by atoms with Gasteiger partial charge in [0.1, 0.15) is 11.8 Å². The molecular formula is C18H20BrN3O4. The number of ether oxygens (including phenoxy) is 2. The summed E-state index contributed by atoms with van der Waals surface area (Å²) in [6.45, 7) is 2.05. The number of hydrogen-bond donors (Lipinski definition) is 0. The third-order valence-corrected chi connectivity index (χ3v) is 4.72. The Morgan fingerprint density at radius 3 is 2.81 bits per heavy atom. The van der Waals surface area contributed by atoms with Gasteiger partial charge in [0.15, 0.2) is 0 Å². The molecule has 1 fully saturated rings. The van der Waals surface area contributed by atoms with Crippen molar-refractivity contribution < 1.29 is 14.3 Å². The van der Waals surface area contributed by atoms with E-state index in [2.05, 4.69) is 21.0 Å². The van der Waals surface area contributed by atoms with Gasteiger partial charge in [0.05, 0.1) is 26.3 Å². The number of carbonyl (C=O) groups excluding carboxylic acids is 1. The molecule has 2 aromatic rings. The average molecular weight is 422 g/mol. The van der Waals surface area contributed by atoms with Crippen LogP contribution in [0.5, 0.6) is 0 Å². The van der Waals surface area contributed by atoms with Crippen LogP contribution in [0.1, 0.15) is 22.2 Å². The highest BCUT2D eigenvalue weighted by atomic mass is 79.9.